The Hall–Kier alpha value is -1.82. The number of methoxy groups -OCH3 is 1. The highest BCUT2D eigenvalue weighted by Crippen LogP contribution is 2.26. The Morgan fingerprint density at radius 2 is 2.22 bits per heavy atom. The summed E-state index contributed by atoms with van der Waals surface area (Å²) in [5, 5.41) is -0.265. The quantitative estimate of drug-likeness (QED) is 0.775. The third kappa shape index (κ3) is 2.38. The van der Waals surface area contributed by atoms with E-state index in [2.05, 4.69) is 0 Å². The maximum absolute atomic E-state index is 11.5. The van der Waals surface area contributed by atoms with Gasteiger partial charge in [0, 0.05) is 11.1 Å². The van der Waals surface area contributed by atoms with E-state index in [1.165, 1.54) is 7.11 Å². The maximum atomic E-state index is 11.5. The molecule has 18 heavy (non-hydrogen) atoms. The van der Waals surface area contributed by atoms with E-state index >= 15 is 0 Å². The molecule has 1 aliphatic heterocycles. The molecule has 1 saturated heterocycles. The Morgan fingerprint density at radius 1 is 1.44 bits per heavy atom. The van der Waals surface area contributed by atoms with E-state index in [0.717, 1.165) is 16.7 Å². The molecule has 0 saturated carbocycles. The van der Waals surface area contributed by atoms with Gasteiger partial charge in [0.25, 0.3) is 5.24 Å². The molecule has 0 atom stereocenters. The van der Waals surface area contributed by atoms with Crippen LogP contribution in [0.5, 0.6) is 5.75 Å². The smallest absolute Gasteiger partial charge is 0.289 e. The Balaban J connectivity index is 2.29. The molecule has 1 fully saturated rings. The van der Waals surface area contributed by atoms with Crippen LogP contribution < -0.4 is 4.74 Å². The molecule has 6 heteroatoms. The van der Waals surface area contributed by atoms with E-state index in [4.69, 9.17) is 4.74 Å². The number of benzene rings is 1. The van der Waals surface area contributed by atoms with E-state index in [1.54, 1.807) is 18.2 Å². The zero-order valence-corrected chi connectivity index (χ0v) is 10.5. The van der Waals surface area contributed by atoms with Crippen molar-refractivity contribution in [2.24, 2.45) is 0 Å². The normalized spacial score (nSPS) is 15.1. The molecular weight excluding hydrogens is 254 g/mol. The lowest BCUT2D eigenvalue weighted by molar-refractivity contribution is -0.125. The van der Waals surface area contributed by atoms with Gasteiger partial charge >= 0.3 is 0 Å². The van der Waals surface area contributed by atoms with Crippen LogP contribution in [0.2, 0.25) is 0 Å². The van der Waals surface area contributed by atoms with Crippen molar-refractivity contribution in [3.8, 4) is 5.75 Å². The van der Waals surface area contributed by atoms with Crippen molar-refractivity contribution in [2.45, 2.75) is 6.54 Å². The second-order valence-electron chi connectivity index (χ2n) is 3.72. The van der Waals surface area contributed by atoms with Crippen LogP contribution >= 0.6 is 11.8 Å². The molecule has 0 radical (unpaired) electrons. The van der Waals surface area contributed by atoms with Crippen LogP contribution in [0.25, 0.3) is 0 Å². The van der Waals surface area contributed by atoms with E-state index in [9.17, 15) is 14.4 Å². The van der Waals surface area contributed by atoms with Gasteiger partial charge < -0.3 is 4.74 Å². The fraction of sp³-hybridized carbons (Fsp3) is 0.250. The number of carbonyl (C=O) groups excluding carboxylic acids is 3. The minimum Gasteiger partial charge on any atom is -0.496 e. The Labute approximate surface area is 108 Å². The number of hydrogen-bond acceptors (Lipinski definition) is 5. The first kappa shape index (κ1) is 12.6. The SMILES string of the molecule is COc1ccc(C=O)cc1CN1C(=O)CSC1=O. The molecule has 0 N–H and O–H groups in total. The highest BCUT2D eigenvalue weighted by molar-refractivity contribution is 8.14. The first-order valence-electron chi connectivity index (χ1n) is 5.25. The van der Waals surface area contributed by atoms with E-state index in [-0.39, 0.29) is 23.4 Å². The first-order valence-corrected chi connectivity index (χ1v) is 6.23. The molecule has 5 nitrogen and oxygen atoms in total. The number of ether oxygens (including phenoxy) is 1. The summed E-state index contributed by atoms with van der Waals surface area (Å²) in [5.41, 5.74) is 1.13. The zero-order chi connectivity index (χ0) is 13.1. The molecule has 1 heterocycles. The average Bonchev–Trinajstić information content (AvgIpc) is 2.70. The molecule has 2 rings (SSSR count). The van der Waals surface area contributed by atoms with Crippen molar-refractivity contribution in [3.05, 3.63) is 29.3 Å². The summed E-state index contributed by atoms with van der Waals surface area (Å²) >= 11 is 0.983. The third-order valence-corrected chi connectivity index (χ3v) is 3.47. The number of carbonyl (C=O) groups is 3. The lowest BCUT2D eigenvalue weighted by Gasteiger charge is -2.15. The van der Waals surface area contributed by atoms with Crippen molar-refractivity contribution >= 4 is 29.2 Å². The summed E-state index contributed by atoms with van der Waals surface area (Å²) < 4.78 is 5.15. The van der Waals surface area contributed by atoms with Crippen molar-refractivity contribution < 1.29 is 19.1 Å². The van der Waals surface area contributed by atoms with Gasteiger partial charge in [-0.25, -0.2) is 0 Å². The Morgan fingerprint density at radius 3 is 2.78 bits per heavy atom. The summed E-state index contributed by atoms with van der Waals surface area (Å²) in [6.07, 6.45) is 0.714. The van der Waals surface area contributed by atoms with Crippen LogP contribution in [-0.4, -0.2) is 35.2 Å². The highest BCUT2D eigenvalue weighted by atomic mass is 32.2. The molecule has 0 aromatic heterocycles. The molecule has 0 spiro atoms. The molecule has 1 aromatic rings. The fourth-order valence-corrected chi connectivity index (χ4v) is 2.42. The number of imide groups is 1. The van der Waals surface area contributed by atoms with Crippen LogP contribution in [0, 0.1) is 0 Å². The fourth-order valence-electron chi connectivity index (χ4n) is 1.70. The van der Waals surface area contributed by atoms with Crippen molar-refractivity contribution in [2.75, 3.05) is 12.9 Å². The van der Waals surface area contributed by atoms with Crippen LogP contribution in [0.4, 0.5) is 4.79 Å². The predicted molar refractivity (Wildman–Crippen MR) is 66.8 cm³/mol. The van der Waals surface area contributed by atoms with Gasteiger partial charge in [-0.1, -0.05) is 11.8 Å². The Kier molecular flexibility index (Phi) is 3.66. The standard InChI is InChI=1S/C12H11NO4S/c1-17-10-3-2-8(6-14)4-9(10)5-13-11(15)7-18-12(13)16/h2-4,6H,5,7H2,1H3. The zero-order valence-electron chi connectivity index (χ0n) is 9.71. The van der Waals surface area contributed by atoms with Gasteiger partial charge in [-0.15, -0.1) is 0 Å². The molecule has 0 unspecified atom stereocenters. The molecule has 0 bridgehead atoms. The van der Waals surface area contributed by atoms with Crippen molar-refractivity contribution in [1.29, 1.82) is 0 Å². The molecule has 1 aromatic carbocycles. The van der Waals surface area contributed by atoms with Gasteiger partial charge in [0.05, 0.1) is 19.4 Å². The summed E-state index contributed by atoms with van der Waals surface area (Å²) in [7, 11) is 1.50. The van der Waals surface area contributed by atoms with Crippen LogP contribution in [-0.2, 0) is 11.3 Å². The van der Waals surface area contributed by atoms with E-state index < -0.39 is 0 Å². The van der Waals surface area contributed by atoms with Gasteiger partial charge in [-0.05, 0) is 18.2 Å². The van der Waals surface area contributed by atoms with Gasteiger partial charge in [0.1, 0.15) is 12.0 Å². The molecule has 0 aliphatic carbocycles. The van der Waals surface area contributed by atoms with Crippen LogP contribution in [0.3, 0.4) is 0 Å². The van der Waals surface area contributed by atoms with E-state index in [1.807, 2.05) is 0 Å². The first-order chi connectivity index (χ1) is 8.65. The second kappa shape index (κ2) is 5.22. The van der Waals surface area contributed by atoms with Gasteiger partial charge in [0.15, 0.2) is 0 Å². The Bertz CT molecular complexity index is 499. The predicted octanol–water partition coefficient (Wildman–Crippen LogP) is 1.70. The monoisotopic (exact) mass is 265 g/mol. The van der Waals surface area contributed by atoms with Crippen LogP contribution in [0.15, 0.2) is 18.2 Å². The minimum absolute atomic E-state index is 0.134. The topological polar surface area (TPSA) is 63.7 Å². The lowest BCUT2D eigenvalue weighted by Crippen LogP contribution is -2.28. The molecule has 2 amide bonds. The van der Waals surface area contributed by atoms with Crippen LogP contribution in [0.1, 0.15) is 15.9 Å². The number of nitrogens with zero attached hydrogens (tertiary/aromatic N) is 1. The van der Waals surface area contributed by atoms with E-state index in [0.29, 0.717) is 23.2 Å². The number of hydrogen-bond donors (Lipinski definition) is 0. The van der Waals surface area contributed by atoms with Gasteiger partial charge in [0.2, 0.25) is 5.91 Å². The summed E-state index contributed by atoms with van der Waals surface area (Å²) in [5.74, 6) is 0.510. The lowest BCUT2D eigenvalue weighted by atomic mass is 10.1. The third-order valence-electron chi connectivity index (χ3n) is 2.61. The number of aldehydes is 1. The van der Waals surface area contributed by atoms with Gasteiger partial charge in [-0.2, -0.15) is 0 Å². The summed E-state index contributed by atoms with van der Waals surface area (Å²) in [4.78, 5) is 34.9. The molecule has 94 valence electrons. The summed E-state index contributed by atoms with van der Waals surface area (Å²) in [6, 6.07) is 4.89. The maximum Gasteiger partial charge on any atom is 0.289 e. The minimum atomic E-state index is -0.265. The number of thioether (sulfide) groups is 1. The number of rotatable bonds is 4. The summed E-state index contributed by atoms with van der Waals surface area (Å²) in [6.45, 7) is 0.134. The van der Waals surface area contributed by atoms with Gasteiger partial charge in [-0.3, -0.25) is 19.3 Å². The highest BCUT2D eigenvalue weighted by Gasteiger charge is 2.30. The molecular formula is C12H11NO4S. The largest absolute Gasteiger partial charge is 0.496 e. The number of amides is 2. The van der Waals surface area contributed by atoms with Crippen molar-refractivity contribution in [3.63, 3.8) is 0 Å². The van der Waals surface area contributed by atoms with Crippen molar-refractivity contribution in [1.82, 2.24) is 4.90 Å². The average molecular weight is 265 g/mol. The molecule has 1 aliphatic rings. The second-order valence-corrected chi connectivity index (χ2v) is 4.65.